The largest absolute Gasteiger partial charge is 0.394 e. The van der Waals surface area contributed by atoms with Gasteiger partial charge in [0.25, 0.3) is 5.91 Å². The molecule has 0 saturated carbocycles. The first-order valence-corrected chi connectivity index (χ1v) is 6.56. The molecule has 0 spiro atoms. The van der Waals surface area contributed by atoms with Crippen molar-refractivity contribution in [2.45, 2.75) is 32.5 Å². The summed E-state index contributed by atoms with van der Waals surface area (Å²) >= 11 is 0. The van der Waals surface area contributed by atoms with Crippen molar-refractivity contribution in [3.8, 4) is 0 Å². The standard InChI is InChI=1S/C15H21NO3/c1-11-4-6-12(7-5-11)14(18)16-8-13(9-17)19-15(2,3)10-16/h4-7,13,17H,8-10H2,1-3H3. The molecule has 1 atom stereocenters. The molecule has 1 aliphatic rings. The topological polar surface area (TPSA) is 49.8 Å². The second-order valence-electron chi connectivity index (χ2n) is 5.73. The Morgan fingerprint density at radius 2 is 2.05 bits per heavy atom. The molecular weight excluding hydrogens is 242 g/mol. The van der Waals surface area contributed by atoms with Crippen LogP contribution >= 0.6 is 0 Å². The number of ether oxygens (including phenoxy) is 1. The molecule has 1 unspecified atom stereocenters. The van der Waals surface area contributed by atoms with Gasteiger partial charge >= 0.3 is 0 Å². The van der Waals surface area contributed by atoms with Gasteiger partial charge in [-0.2, -0.15) is 0 Å². The van der Waals surface area contributed by atoms with Gasteiger partial charge in [0.15, 0.2) is 0 Å². The lowest BCUT2D eigenvalue weighted by Gasteiger charge is -2.42. The zero-order chi connectivity index (χ0) is 14.0. The van der Waals surface area contributed by atoms with E-state index in [1.807, 2.05) is 45.0 Å². The highest BCUT2D eigenvalue weighted by Gasteiger charge is 2.35. The molecule has 2 rings (SSSR count). The van der Waals surface area contributed by atoms with E-state index in [2.05, 4.69) is 0 Å². The lowest BCUT2D eigenvalue weighted by Crippen LogP contribution is -2.55. The van der Waals surface area contributed by atoms with Crippen molar-refractivity contribution in [2.75, 3.05) is 19.7 Å². The summed E-state index contributed by atoms with van der Waals surface area (Å²) in [4.78, 5) is 14.2. The molecule has 19 heavy (non-hydrogen) atoms. The van der Waals surface area contributed by atoms with Gasteiger partial charge in [-0.1, -0.05) is 17.7 Å². The number of benzene rings is 1. The summed E-state index contributed by atoms with van der Waals surface area (Å²) < 4.78 is 5.71. The number of morpholine rings is 1. The summed E-state index contributed by atoms with van der Waals surface area (Å²) in [5.41, 5.74) is 1.39. The van der Waals surface area contributed by atoms with Gasteiger partial charge in [0.2, 0.25) is 0 Å². The third-order valence-corrected chi connectivity index (χ3v) is 3.27. The quantitative estimate of drug-likeness (QED) is 0.882. The van der Waals surface area contributed by atoms with E-state index >= 15 is 0 Å². The first-order chi connectivity index (χ1) is 8.91. The van der Waals surface area contributed by atoms with Crippen LogP contribution in [0.5, 0.6) is 0 Å². The molecule has 1 saturated heterocycles. The zero-order valence-corrected chi connectivity index (χ0v) is 11.7. The number of aliphatic hydroxyl groups excluding tert-OH is 1. The van der Waals surface area contributed by atoms with Gasteiger partial charge in [-0.25, -0.2) is 0 Å². The van der Waals surface area contributed by atoms with E-state index in [9.17, 15) is 9.90 Å². The summed E-state index contributed by atoms with van der Waals surface area (Å²) in [6, 6.07) is 7.55. The van der Waals surface area contributed by atoms with Crippen molar-refractivity contribution in [1.82, 2.24) is 4.90 Å². The third-order valence-electron chi connectivity index (χ3n) is 3.27. The van der Waals surface area contributed by atoms with Crippen LogP contribution in [0.3, 0.4) is 0 Å². The molecule has 1 fully saturated rings. The van der Waals surface area contributed by atoms with E-state index in [-0.39, 0.29) is 18.6 Å². The van der Waals surface area contributed by atoms with E-state index in [0.717, 1.165) is 5.56 Å². The van der Waals surface area contributed by atoms with Crippen LogP contribution in [-0.4, -0.2) is 47.3 Å². The highest BCUT2D eigenvalue weighted by atomic mass is 16.5. The highest BCUT2D eigenvalue weighted by Crippen LogP contribution is 2.22. The molecule has 0 radical (unpaired) electrons. The summed E-state index contributed by atoms with van der Waals surface area (Å²) in [7, 11) is 0. The Hall–Kier alpha value is -1.39. The lowest BCUT2D eigenvalue weighted by molar-refractivity contribution is -0.139. The minimum Gasteiger partial charge on any atom is -0.394 e. The fourth-order valence-corrected chi connectivity index (χ4v) is 2.42. The van der Waals surface area contributed by atoms with Crippen molar-refractivity contribution < 1.29 is 14.6 Å². The van der Waals surface area contributed by atoms with Crippen molar-refractivity contribution in [2.24, 2.45) is 0 Å². The van der Waals surface area contributed by atoms with E-state index in [4.69, 9.17) is 4.74 Å². The molecule has 1 aromatic carbocycles. The molecule has 0 bridgehead atoms. The molecule has 1 amide bonds. The molecule has 1 aromatic rings. The molecule has 104 valence electrons. The first-order valence-electron chi connectivity index (χ1n) is 6.56. The van der Waals surface area contributed by atoms with Crippen molar-refractivity contribution in [3.63, 3.8) is 0 Å². The van der Waals surface area contributed by atoms with Gasteiger partial charge in [-0.05, 0) is 32.9 Å². The van der Waals surface area contributed by atoms with Crippen molar-refractivity contribution in [3.05, 3.63) is 35.4 Å². The van der Waals surface area contributed by atoms with E-state index in [0.29, 0.717) is 18.7 Å². The Kier molecular flexibility index (Phi) is 3.92. The number of hydrogen-bond acceptors (Lipinski definition) is 3. The molecule has 0 aromatic heterocycles. The van der Waals surface area contributed by atoms with E-state index < -0.39 is 5.60 Å². The van der Waals surface area contributed by atoms with Crippen LogP contribution in [0, 0.1) is 6.92 Å². The maximum Gasteiger partial charge on any atom is 0.254 e. The molecule has 4 nitrogen and oxygen atoms in total. The minimum absolute atomic E-state index is 0.00479. The van der Waals surface area contributed by atoms with Crippen LogP contribution in [0.2, 0.25) is 0 Å². The minimum atomic E-state index is -0.425. The Morgan fingerprint density at radius 1 is 1.42 bits per heavy atom. The molecule has 1 N–H and O–H groups in total. The summed E-state index contributed by atoms with van der Waals surface area (Å²) in [5.74, 6) is -0.00479. The Morgan fingerprint density at radius 3 is 2.63 bits per heavy atom. The Labute approximate surface area is 114 Å². The molecule has 1 aliphatic heterocycles. The number of aliphatic hydroxyl groups is 1. The first kappa shape index (κ1) is 14.0. The van der Waals surface area contributed by atoms with Crippen LogP contribution in [0.1, 0.15) is 29.8 Å². The highest BCUT2D eigenvalue weighted by molar-refractivity contribution is 5.94. The van der Waals surface area contributed by atoms with Gasteiger partial charge in [0.1, 0.15) is 0 Å². The number of nitrogens with zero attached hydrogens (tertiary/aromatic N) is 1. The lowest BCUT2D eigenvalue weighted by atomic mass is 10.0. The zero-order valence-electron chi connectivity index (χ0n) is 11.7. The maximum atomic E-state index is 12.4. The van der Waals surface area contributed by atoms with Gasteiger partial charge in [-0.3, -0.25) is 4.79 Å². The van der Waals surface area contributed by atoms with Crippen LogP contribution < -0.4 is 0 Å². The second kappa shape index (κ2) is 5.31. The number of aryl methyl sites for hydroxylation is 1. The molecule has 1 heterocycles. The monoisotopic (exact) mass is 263 g/mol. The number of carbonyl (C=O) groups excluding carboxylic acids is 1. The maximum absolute atomic E-state index is 12.4. The molecular formula is C15H21NO3. The van der Waals surface area contributed by atoms with Crippen molar-refractivity contribution in [1.29, 1.82) is 0 Å². The number of rotatable bonds is 2. The number of carbonyl (C=O) groups is 1. The molecule has 4 heteroatoms. The van der Waals surface area contributed by atoms with Gasteiger partial charge in [0.05, 0.1) is 18.3 Å². The predicted molar refractivity (Wildman–Crippen MR) is 73.1 cm³/mol. The van der Waals surface area contributed by atoms with E-state index in [1.54, 1.807) is 4.90 Å². The summed E-state index contributed by atoms with van der Waals surface area (Å²) in [5, 5.41) is 9.27. The number of amides is 1. The average Bonchev–Trinajstić information content (AvgIpc) is 2.37. The fraction of sp³-hybridized carbons (Fsp3) is 0.533. The molecule has 0 aliphatic carbocycles. The third kappa shape index (κ3) is 3.33. The van der Waals surface area contributed by atoms with Gasteiger partial charge in [-0.15, -0.1) is 0 Å². The van der Waals surface area contributed by atoms with Crippen LogP contribution in [0.15, 0.2) is 24.3 Å². The predicted octanol–water partition coefficient (Wildman–Crippen LogP) is 1.61. The average molecular weight is 263 g/mol. The van der Waals surface area contributed by atoms with Crippen LogP contribution in [0.25, 0.3) is 0 Å². The smallest absolute Gasteiger partial charge is 0.254 e. The van der Waals surface area contributed by atoms with Crippen molar-refractivity contribution >= 4 is 5.91 Å². The van der Waals surface area contributed by atoms with Gasteiger partial charge in [0, 0.05) is 18.7 Å². The Balaban J connectivity index is 2.16. The Bertz CT molecular complexity index is 453. The fourth-order valence-electron chi connectivity index (χ4n) is 2.42. The second-order valence-corrected chi connectivity index (χ2v) is 5.73. The summed E-state index contributed by atoms with van der Waals surface area (Å²) in [6.07, 6.45) is -0.307. The summed E-state index contributed by atoms with van der Waals surface area (Å²) in [6.45, 7) is 6.77. The van der Waals surface area contributed by atoms with Crippen LogP contribution in [-0.2, 0) is 4.74 Å². The SMILES string of the molecule is Cc1ccc(C(=O)N2CC(CO)OC(C)(C)C2)cc1. The van der Waals surface area contributed by atoms with E-state index in [1.165, 1.54) is 0 Å². The normalized spacial score (nSPS) is 22.3. The number of hydrogen-bond donors (Lipinski definition) is 1. The van der Waals surface area contributed by atoms with Gasteiger partial charge < -0.3 is 14.7 Å². The van der Waals surface area contributed by atoms with Crippen LogP contribution in [0.4, 0.5) is 0 Å².